The van der Waals surface area contributed by atoms with Gasteiger partial charge in [0.1, 0.15) is 5.82 Å². The summed E-state index contributed by atoms with van der Waals surface area (Å²) in [5, 5.41) is 7.93. The molecule has 2 bridgehead atoms. The zero-order valence-corrected chi connectivity index (χ0v) is 24.8. The van der Waals surface area contributed by atoms with Crippen LogP contribution in [0.3, 0.4) is 0 Å². The number of ether oxygens (including phenoxy) is 2. The van der Waals surface area contributed by atoms with Crippen molar-refractivity contribution >= 4 is 52.7 Å². The number of hydrogen-bond donors (Lipinski definition) is 4. The van der Waals surface area contributed by atoms with Crippen LogP contribution in [0.5, 0.6) is 0 Å². The SMILES string of the molecule is COC(=O)Nc1ccc2c(c1)NC(=O)CCCC[C@H](C(=O)N1CC[C@@]3(C1)OC(=O)Nc1ccc(Cl)c(F)c13)c1nc-2c(C)[nH]1. The standard InChI is InChI=1S/C30H30ClFN6O6/c1-15-25-17-8-7-16(34-28(41)43-2)13-21(17)35-22(39)6-4-3-5-18(26(33-15)37-25)27(40)38-12-11-30(14-38)23-20(36-29(42)44-30)10-9-19(31)24(23)32/h7-10,13,18H,3-6,11-12,14H2,1-2H3,(H,33,37)(H,34,41)(H,35,39)(H,36,42)/t18-,30-/m0/s1. The lowest BCUT2D eigenvalue weighted by Crippen LogP contribution is -2.44. The van der Waals surface area contributed by atoms with Gasteiger partial charge in [-0.15, -0.1) is 0 Å². The van der Waals surface area contributed by atoms with Gasteiger partial charge in [0.15, 0.2) is 11.4 Å². The highest BCUT2D eigenvalue weighted by Crippen LogP contribution is 2.46. The fraction of sp³-hybridized carbons (Fsp3) is 0.367. The van der Waals surface area contributed by atoms with Crippen LogP contribution in [0.15, 0.2) is 30.3 Å². The van der Waals surface area contributed by atoms with E-state index in [9.17, 15) is 19.2 Å². The minimum atomic E-state index is -1.38. The number of benzene rings is 2. The quantitative estimate of drug-likeness (QED) is 0.287. The summed E-state index contributed by atoms with van der Waals surface area (Å²) in [6, 6.07) is 7.90. The summed E-state index contributed by atoms with van der Waals surface area (Å²) in [6.45, 7) is 2.00. The lowest BCUT2D eigenvalue weighted by Gasteiger charge is -2.36. The van der Waals surface area contributed by atoms with Gasteiger partial charge in [0.25, 0.3) is 0 Å². The number of likely N-dealkylation sites (tertiary alicyclic amines) is 1. The topological polar surface area (TPSA) is 155 Å². The van der Waals surface area contributed by atoms with Crippen LogP contribution in [-0.4, -0.2) is 59.1 Å². The maximum Gasteiger partial charge on any atom is 0.412 e. The Morgan fingerprint density at radius 2 is 2.00 bits per heavy atom. The number of aromatic nitrogens is 2. The van der Waals surface area contributed by atoms with E-state index in [1.54, 1.807) is 23.1 Å². The van der Waals surface area contributed by atoms with Crippen molar-refractivity contribution < 1.29 is 33.0 Å². The van der Waals surface area contributed by atoms with Gasteiger partial charge < -0.3 is 24.7 Å². The summed E-state index contributed by atoms with van der Waals surface area (Å²) in [5.74, 6) is -1.40. The van der Waals surface area contributed by atoms with E-state index in [2.05, 4.69) is 25.7 Å². The van der Waals surface area contributed by atoms with Crippen molar-refractivity contribution in [2.24, 2.45) is 0 Å². The summed E-state index contributed by atoms with van der Waals surface area (Å²) in [5.41, 5.74) is 1.69. The molecule has 2 aromatic carbocycles. The number of carbonyl (C=O) groups excluding carboxylic acids is 4. The second-order valence-corrected chi connectivity index (χ2v) is 11.5. The zero-order valence-electron chi connectivity index (χ0n) is 24.0. The number of aryl methyl sites for hydroxylation is 1. The van der Waals surface area contributed by atoms with Crippen LogP contribution < -0.4 is 16.0 Å². The number of carbonyl (C=O) groups is 4. The lowest BCUT2D eigenvalue weighted by atomic mass is 9.89. The van der Waals surface area contributed by atoms with Crippen LogP contribution in [0, 0.1) is 12.7 Å². The molecule has 3 aromatic rings. The van der Waals surface area contributed by atoms with Crippen molar-refractivity contribution in [1.82, 2.24) is 14.9 Å². The Morgan fingerprint density at radius 3 is 2.80 bits per heavy atom. The minimum Gasteiger partial charge on any atom is -0.453 e. The minimum absolute atomic E-state index is 0.0478. The van der Waals surface area contributed by atoms with Crippen molar-refractivity contribution in [3.05, 3.63) is 58.3 Å². The first-order valence-electron chi connectivity index (χ1n) is 14.2. The molecule has 4 amide bonds. The van der Waals surface area contributed by atoms with Gasteiger partial charge in [-0.1, -0.05) is 18.0 Å². The molecule has 3 aliphatic heterocycles. The van der Waals surface area contributed by atoms with E-state index in [0.717, 1.165) is 0 Å². The summed E-state index contributed by atoms with van der Waals surface area (Å²) >= 11 is 6.09. The third-order valence-electron chi connectivity index (χ3n) is 8.28. The number of fused-ring (bicyclic) bond motifs is 6. The third kappa shape index (κ3) is 5.32. The van der Waals surface area contributed by atoms with Crippen molar-refractivity contribution in [3.63, 3.8) is 0 Å². The molecule has 1 saturated heterocycles. The van der Waals surface area contributed by atoms with E-state index in [-0.39, 0.29) is 54.0 Å². The second-order valence-electron chi connectivity index (χ2n) is 11.1. The highest BCUT2D eigenvalue weighted by atomic mass is 35.5. The summed E-state index contributed by atoms with van der Waals surface area (Å²) in [7, 11) is 1.25. The molecule has 0 radical (unpaired) electrons. The Bertz CT molecular complexity index is 1690. The van der Waals surface area contributed by atoms with Crippen LogP contribution in [0.2, 0.25) is 5.02 Å². The molecule has 2 atom stereocenters. The maximum absolute atomic E-state index is 15.3. The largest absolute Gasteiger partial charge is 0.453 e. The maximum atomic E-state index is 15.3. The number of H-pyrrole nitrogens is 1. The molecular weight excluding hydrogens is 595 g/mol. The number of halogens is 2. The Hall–Kier alpha value is -4.65. The fourth-order valence-corrected chi connectivity index (χ4v) is 6.34. The van der Waals surface area contributed by atoms with Gasteiger partial charge in [-0.2, -0.15) is 0 Å². The second kappa shape index (κ2) is 11.5. The smallest absolute Gasteiger partial charge is 0.412 e. The Balaban J connectivity index is 1.33. The zero-order chi connectivity index (χ0) is 31.2. The van der Waals surface area contributed by atoms with Crippen LogP contribution >= 0.6 is 11.6 Å². The van der Waals surface area contributed by atoms with Crippen molar-refractivity contribution in [1.29, 1.82) is 0 Å². The number of nitrogens with one attached hydrogen (secondary N) is 4. The average molecular weight is 625 g/mol. The number of methoxy groups -OCH3 is 1. The predicted molar refractivity (Wildman–Crippen MR) is 159 cm³/mol. The number of aromatic amines is 1. The molecule has 0 aliphatic carbocycles. The Labute approximate surface area is 256 Å². The van der Waals surface area contributed by atoms with E-state index < -0.39 is 29.5 Å². The number of anilines is 3. The van der Waals surface area contributed by atoms with Gasteiger partial charge in [0.05, 0.1) is 47.2 Å². The normalized spacial score (nSPS) is 21.2. The monoisotopic (exact) mass is 624 g/mol. The van der Waals surface area contributed by atoms with E-state index in [1.807, 2.05) is 6.92 Å². The first-order chi connectivity index (χ1) is 21.1. The average Bonchev–Trinajstić information content (AvgIpc) is 3.57. The molecule has 6 rings (SSSR count). The van der Waals surface area contributed by atoms with Crippen LogP contribution in [0.4, 0.5) is 31.0 Å². The van der Waals surface area contributed by atoms with Crippen molar-refractivity contribution in [2.45, 2.75) is 50.5 Å². The molecule has 1 aromatic heterocycles. The molecule has 44 heavy (non-hydrogen) atoms. The highest BCUT2D eigenvalue weighted by Gasteiger charge is 2.51. The van der Waals surface area contributed by atoms with Gasteiger partial charge >= 0.3 is 12.2 Å². The molecule has 0 saturated carbocycles. The Kier molecular flexibility index (Phi) is 7.66. The van der Waals surface area contributed by atoms with Crippen LogP contribution in [-0.2, 0) is 24.7 Å². The van der Waals surface area contributed by atoms with Crippen LogP contribution in [0.25, 0.3) is 11.3 Å². The summed E-state index contributed by atoms with van der Waals surface area (Å²) in [4.78, 5) is 60.9. The third-order valence-corrected chi connectivity index (χ3v) is 8.57. The van der Waals surface area contributed by atoms with E-state index >= 15 is 4.39 Å². The van der Waals surface area contributed by atoms with Gasteiger partial charge in [-0.3, -0.25) is 20.2 Å². The molecule has 1 spiro atoms. The predicted octanol–water partition coefficient (Wildman–Crippen LogP) is 5.64. The number of imidazole rings is 1. The number of rotatable bonds is 2. The van der Waals surface area contributed by atoms with Gasteiger partial charge in [-0.25, -0.2) is 19.0 Å². The first kappa shape index (κ1) is 29.4. The van der Waals surface area contributed by atoms with Gasteiger partial charge in [-0.05, 0) is 50.1 Å². The summed E-state index contributed by atoms with van der Waals surface area (Å²) in [6.07, 6.45) is 0.520. The Morgan fingerprint density at radius 1 is 1.18 bits per heavy atom. The van der Waals surface area contributed by atoms with Crippen LogP contribution in [0.1, 0.15) is 55.1 Å². The van der Waals surface area contributed by atoms with E-state index in [0.29, 0.717) is 53.4 Å². The molecular formula is C30H30ClFN6O6. The van der Waals surface area contributed by atoms with Crippen molar-refractivity contribution in [3.8, 4) is 11.3 Å². The fourth-order valence-electron chi connectivity index (χ4n) is 6.18. The molecule has 4 heterocycles. The molecule has 4 N–H and O–H groups in total. The molecule has 0 unspecified atom stereocenters. The number of amides is 4. The first-order valence-corrected chi connectivity index (χ1v) is 14.6. The van der Waals surface area contributed by atoms with Gasteiger partial charge in [0.2, 0.25) is 11.8 Å². The van der Waals surface area contributed by atoms with E-state index in [4.69, 9.17) is 21.3 Å². The highest BCUT2D eigenvalue weighted by molar-refractivity contribution is 6.31. The van der Waals surface area contributed by atoms with Gasteiger partial charge in [0, 0.05) is 36.3 Å². The molecule has 1 fully saturated rings. The van der Waals surface area contributed by atoms with Crippen molar-refractivity contribution in [2.75, 3.05) is 36.1 Å². The molecule has 12 nitrogen and oxygen atoms in total. The molecule has 14 heteroatoms. The molecule has 230 valence electrons. The van der Waals surface area contributed by atoms with E-state index in [1.165, 1.54) is 19.2 Å². The lowest BCUT2D eigenvalue weighted by molar-refractivity contribution is -0.133. The number of hydrogen-bond acceptors (Lipinski definition) is 7. The number of nitrogens with zero attached hydrogens (tertiary/aromatic N) is 2. The summed E-state index contributed by atoms with van der Waals surface area (Å²) < 4.78 is 25.7. The molecule has 3 aliphatic rings.